The second-order valence-electron chi connectivity index (χ2n) is 2.58. The topological polar surface area (TPSA) is 17.1 Å². The molecule has 0 bridgehead atoms. The summed E-state index contributed by atoms with van der Waals surface area (Å²) in [4.78, 5) is 11.2. The smallest absolute Gasteiger partial charge is 0.235 e. The van der Waals surface area contributed by atoms with Gasteiger partial charge >= 0.3 is 0 Å². The van der Waals surface area contributed by atoms with Gasteiger partial charge in [0.25, 0.3) is 0 Å². The van der Waals surface area contributed by atoms with Crippen molar-refractivity contribution in [1.82, 2.24) is 0 Å². The first-order valence-corrected chi connectivity index (χ1v) is 3.95. The first-order chi connectivity index (χ1) is 6.20. The van der Waals surface area contributed by atoms with Crippen molar-refractivity contribution in [1.29, 1.82) is 0 Å². The molecule has 0 saturated carbocycles. The first kappa shape index (κ1) is 9.47. The Morgan fingerprint density at radius 3 is 2.54 bits per heavy atom. The Hall–Kier alpha value is -1.62. The summed E-state index contributed by atoms with van der Waals surface area (Å²) in [7, 11) is 0. The van der Waals surface area contributed by atoms with Crippen molar-refractivity contribution in [3.63, 3.8) is 0 Å². The van der Waals surface area contributed by atoms with Crippen molar-refractivity contribution < 1.29 is 9.18 Å². The maximum atomic E-state index is 12.3. The molecule has 0 aromatic heterocycles. The van der Waals surface area contributed by atoms with E-state index in [0.717, 1.165) is 0 Å². The molecular formula is C11H9FO. The van der Waals surface area contributed by atoms with Gasteiger partial charge in [-0.1, -0.05) is 36.3 Å². The molecule has 0 aliphatic heterocycles. The molecule has 0 saturated heterocycles. The zero-order valence-electron chi connectivity index (χ0n) is 7.25. The maximum absolute atomic E-state index is 12.3. The lowest BCUT2D eigenvalue weighted by atomic mass is 10.1. The molecule has 1 aromatic carbocycles. The van der Waals surface area contributed by atoms with Gasteiger partial charge in [-0.15, -0.1) is 0 Å². The fourth-order valence-electron chi connectivity index (χ4n) is 0.827. The van der Waals surface area contributed by atoms with Gasteiger partial charge in [0, 0.05) is 5.56 Å². The fourth-order valence-corrected chi connectivity index (χ4v) is 0.827. The lowest BCUT2D eigenvalue weighted by Crippen LogP contribution is -1.95. The third kappa shape index (κ3) is 3.08. The van der Waals surface area contributed by atoms with Crippen LogP contribution in [0.3, 0.4) is 0 Å². The highest BCUT2D eigenvalue weighted by Gasteiger charge is 1.99. The van der Waals surface area contributed by atoms with Crippen LogP contribution in [0, 0.1) is 11.8 Å². The van der Waals surface area contributed by atoms with E-state index in [9.17, 15) is 9.18 Å². The van der Waals surface area contributed by atoms with Crippen molar-refractivity contribution >= 4 is 5.78 Å². The molecule has 13 heavy (non-hydrogen) atoms. The number of Topliss-reactive ketones (excluding diaryl/α,β-unsaturated/α-hetero) is 1. The van der Waals surface area contributed by atoms with Gasteiger partial charge in [0.1, 0.15) is 0 Å². The number of halogens is 1. The maximum Gasteiger partial charge on any atom is 0.235 e. The van der Waals surface area contributed by atoms with Gasteiger partial charge in [0.05, 0.1) is 0 Å². The van der Waals surface area contributed by atoms with E-state index in [1.165, 1.54) is 6.92 Å². The number of carbonyl (C=O) groups is 1. The van der Waals surface area contributed by atoms with Gasteiger partial charge in [0.2, 0.25) is 5.78 Å². The minimum absolute atomic E-state index is 0.342. The molecule has 0 radical (unpaired) electrons. The highest BCUT2D eigenvalue weighted by molar-refractivity contribution is 6.08. The average Bonchev–Trinajstić information content (AvgIpc) is 2.15. The van der Waals surface area contributed by atoms with Crippen LogP contribution in [0.4, 0.5) is 4.39 Å². The molecule has 0 spiro atoms. The second kappa shape index (κ2) is 4.42. The first-order valence-electron chi connectivity index (χ1n) is 3.95. The second-order valence-corrected chi connectivity index (χ2v) is 2.58. The summed E-state index contributed by atoms with van der Waals surface area (Å²) < 4.78 is 12.3. The Bertz CT molecular complexity index is 343. The molecule has 66 valence electrons. The van der Waals surface area contributed by atoms with Crippen LogP contribution in [0.25, 0.3) is 0 Å². The highest BCUT2D eigenvalue weighted by atomic mass is 19.1. The summed E-state index contributed by atoms with van der Waals surface area (Å²) in [6.07, 6.45) is -1.26. The van der Waals surface area contributed by atoms with Gasteiger partial charge in [-0.25, -0.2) is 4.39 Å². The summed E-state index contributed by atoms with van der Waals surface area (Å²) >= 11 is 0. The molecule has 0 aliphatic rings. The number of benzene rings is 1. The van der Waals surface area contributed by atoms with E-state index in [1.807, 2.05) is 6.07 Å². The van der Waals surface area contributed by atoms with Crippen LogP contribution >= 0.6 is 0 Å². The predicted octanol–water partition coefficient (Wildman–Crippen LogP) is 2.23. The molecule has 1 atom stereocenters. The average molecular weight is 176 g/mol. The lowest BCUT2D eigenvalue weighted by molar-refractivity contribution is 0.105. The summed E-state index contributed by atoms with van der Waals surface area (Å²) in [5.74, 6) is 4.07. The molecule has 0 amide bonds. The molecule has 0 fully saturated rings. The van der Waals surface area contributed by atoms with Crippen molar-refractivity contribution in [2.24, 2.45) is 0 Å². The van der Waals surface area contributed by atoms with E-state index in [1.54, 1.807) is 24.3 Å². The molecule has 1 aromatic rings. The van der Waals surface area contributed by atoms with Crippen molar-refractivity contribution in [3.8, 4) is 11.8 Å². The van der Waals surface area contributed by atoms with Crippen LogP contribution in [-0.4, -0.2) is 12.0 Å². The fraction of sp³-hybridized carbons (Fsp3) is 0.182. The molecule has 1 rings (SSSR count). The number of hydrogen-bond donors (Lipinski definition) is 0. The van der Waals surface area contributed by atoms with Crippen molar-refractivity contribution in [2.45, 2.75) is 13.1 Å². The third-order valence-electron chi connectivity index (χ3n) is 1.42. The van der Waals surface area contributed by atoms with E-state index >= 15 is 0 Å². The number of hydrogen-bond acceptors (Lipinski definition) is 1. The third-order valence-corrected chi connectivity index (χ3v) is 1.42. The molecular weight excluding hydrogens is 167 g/mol. The molecule has 0 aliphatic carbocycles. The van der Waals surface area contributed by atoms with Crippen molar-refractivity contribution in [3.05, 3.63) is 35.9 Å². The Labute approximate surface area is 76.6 Å². The van der Waals surface area contributed by atoms with Gasteiger partial charge in [0.15, 0.2) is 6.17 Å². The number of carbonyl (C=O) groups excluding carboxylic acids is 1. The van der Waals surface area contributed by atoms with Crippen LogP contribution in [-0.2, 0) is 0 Å². The van der Waals surface area contributed by atoms with E-state index in [4.69, 9.17) is 0 Å². The number of ketones is 1. The van der Waals surface area contributed by atoms with E-state index in [0.29, 0.717) is 5.56 Å². The minimum Gasteiger partial charge on any atom is -0.279 e. The molecule has 1 nitrogen and oxygen atoms in total. The zero-order chi connectivity index (χ0) is 9.68. The summed E-state index contributed by atoms with van der Waals surface area (Å²) in [6.45, 7) is 1.30. The quantitative estimate of drug-likeness (QED) is 0.364. The van der Waals surface area contributed by atoms with Gasteiger partial charge in [-0.3, -0.25) is 4.79 Å². The van der Waals surface area contributed by atoms with Gasteiger partial charge < -0.3 is 0 Å². The van der Waals surface area contributed by atoms with Gasteiger partial charge in [-0.05, 0) is 12.8 Å². The Morgan fingerprint density at radius 2 is 2.00 bits per heavy atom. The lowest BCUT2D eigenvalue weighted by Gasteiger charge is -1.90. The molecule has 0 heterocycles. The Kier molecular flexibility index (Phi) is 3.22. The highest BCUT2D eigenvalue weighted by Crippen LogP contribution is 1.98. The number of rotatable bonds is 1. The molecule has 2 heteroatoms. The van der Waals surface area contributed by atoms with Crippen LogP contribution in [0.15, 0.2) is 30.3 Å². The van der Waals surface area contributed by atoms with E-state index in [2.05, 4.69) is 11.8 Å². The standard InChI is InChI=1S/C11H9FO/c1-9(12)7-8-11(13)10-5-3-2-4-6-10/h2-6,9H,1H3/t9-/m1/s1. The molecule has 0 unspecified atom stereocenters. The van der Waals surface area contributed by atoms with Gasteiger partial charge in [-0.2, -0.15) is 0 Å². The zero-order valence-corrected chi connectivity index (χ0v) is 7.25. The van der Waals surface area contributed by atoms with Crippen LogP contribution in [0.1, 0.15) is 17.3 Å². The normalized spacial score (nSPS) is 11.2. The predicted molar refractivity (Wildman–Crippen MR) is 49.1 cm³/mol. The van der Waals surface area contributed by atoms with E-state index in [-0.39, 0.29) is 5.78 Å². The monoisotopic (exact) mass is 176 g/mol. The van der Waals surface area contributed by atoms with Crippen LogP contribution in [0.5, 0.6) is 0 Å². The summed E-state index contributed by atoms with van der Waals surface area (Å²) in [5.41, 5.74) is 0.496. The Morgan fingerprint density at radius 1 is 1.38 bits per heavy atom. The van der Waals surface area contributed by atoms with Crippen LogP contribution in [0.2, 0.25) is 0 Å². The minimum atomic E-state index is -1.26. The summed E-state index contributed by atoms with van der Waals surface area (Å²) in [5, 5.41) is 0. The Balaban J connectivity index is 2.78. The SMILES string of the molecule is C[C@@H](F)C#CC(=O)c1ccccc1. The molecule has 0 N–H and O–H groups in total. The largest absolute Gasteiger partial charge is 0.279 e. The number of alkyl halides is 1. The van der Waals surface area contributed by atoms with E-state index < -0.39 is 6.17 Å². The van der Waals surface area contributed by atoms with Crippen molar-refractivity contribution in [2.75, 3.05) is 0 Å². The summed E-state index contributed by atoms with van der Waals surface area (Å²) in [6, 6.07) is 8.60. The van der Waals surface area contributed by atoms with Crippen LogP contribution < -0.4 is 0 Å².